The molecule has 4 nitrogen and oxygen atoms in total. The molecule has 0 bridgehead atoms. The van der Waals surface area contributed by atoms with E-state index in [0.717, 1.165) is 0 Å². The average Bonchev–Trinajstić information content (AvgIpc) is 2.81. The summed E-state index contributed by atoms with van der Waals surface area (Å²) in [5.41, 5.74) is 1.45. The predicted octanol–water partition coefficient (Wildman–Crippen LogP) is 3.21. The zero-order chi connectivity index (χ0) is 13.4. The molecule has 0 aliphatic carbocycles. The van der Waals surface area contributed by atoms with Gasteiger partial charge in [0.15, 0.2) is 16.7 Å². The van der Waals surface area contributed by atoms with Crippen LogP contribution in [0.25, 0.3) is 22.6 Å². The zero-order valence-electron chi connectivity index (χ0n) is 9.54. The van der Waals surface area contributed by atoms with Crippen molar-refractivity contribution in [2.45, 2.75) is 4.90 Å². The van der Waals surface area contributed by atoms with Crippen LogP contribution in [0.1, 0.15) is 0 Å². The summed E-state index contributed by atoms with van der Waals surface area (Å²) in [6.45, 7) is 0. The Balaban J connectivity index is 2.14. The van der Waals surface area contributed by atoms with Gasteiger partial charge in [-0.3, -0.25) is 0 Å². The summed E-state index contributed by atoms with van der Waals surface area (Å²) < 4.78 is 38.6. The van der Waals surface area contributed by atoms with Crippen LogP contribution in [0.3, 0.4) is 0 Å². The summed E-state index contributed by atoms with van der Waals surface area (Å²) in [6.07, 6.45) is 0. The van der Waals surface area contributed by atoms with Gasteiger partial charge in [0.2, 0.25) is 5.89 Å². The fourth-order valence-electron chi connectivity index (χ4n) is 1.76. The standard InChI is InChI=1S/C13H8FNO3S/c14-9-3-1-2-8(6-9)13-15-11-7-10(19(16)17)4-5-12(11)18-13/h1-7H,(H,16,17). The molecule has 1 aromatic heterocycles. The molecule has 0 spiro atoms. The largest absolute Gasteiger partial charge is 0.436 e. The van der Waals surface area contributed by atoms with Gasteiger partial charge in [-0.1, -0.05) is 6.07 Å². The molecular formula is C13H8FNO3S. The third-order valence-corrected chi connectivity index (χ3v) is 3.29. The summed E-state index contributed by atoms with van der Waals surface area (Å²) in [6, 6.07) is 10.4. The van der Waals surface area contributed by atoms with E-state index in [1.54, 1.807) is 18.2 Å². The highest BCUT2D eigenvalue weighted by atomic mass is 32.2. The molecule has 3 rings (SSSR count). The van der Waals surface area contributed by atoms with Crippen LogP contribution in [0.15, 0.2) is 51.8 Å². The van der Waals surface area contributed by atoms with Gasteiger partial charge in [0.05, 0.1) is 4.90 Å². The first kappa shape index (κ1) is 12.0. The number of oxazole rings is 1. The molecule has 0 radical (unpaired) electrons. The average molecular weight is 277 g/mol. The van der Waals surface area contributed by atoms with E-state index in [4.69, 9.17) is 8.97 Å². The van der Waals surface area contributed by atoms with Crippen molar-refractivity contribution >= 4 is 22.2 Å². The Labute approximate surface area is 110 Å². The number of fused-ring (bicyclic) bond motifs is 1. The lowest BCUT2D eigenvalue weighted by molar-refractivity contribution is 0.564. The third-order valence-electron chi connectivity index (χ3n) is 2.63. The van der Waals surface area contributed by atoms with Gasteiger partial charge >= 0.3 is 0 Å². The van der Waals surface area contributed by atoms with Crippen LogP contribution in [0, 0.1) is 5.82 Å². The molecule has 0 amide bonds. The van der Waals surface area contributed by atoms with Gasteiger partial charge in [0.1, 0.15) is 11.3 Å². The maximum absolute atomic E-state index is 13.1. The van der Waals surface area contributed by atoms with E-state index in [1.165, 1.54) is 24.3 Å². The van der Waals surface area contributed by atoms with Crippen LogP contribution >= 0.6 is 0 Å². The maximum atomic E-state index is 13.1. The molecule has 1 atom stereocenters. The molecule has 3 aromatic rings. The quantitative estimate of drug-likeness (QED) is 0.730. The van der Waals surface area contributed by atoms with Crippen molar-refractivity contribution in [1.82, 2.24) is 4.98 Å². The Bertz CT molecular complexity index is 784. The molecule has 1 unspecified atom stereocenters. The lowest BCUT2D eigenvalue weighted by Crippen LogP contribution is -1.86. The summed E-state index contributed by atoms with van der Waals surface area (Å²) in [7, 11) is 0. The summed E-state index contributed by atoms with van der Waals surface area (Å²) >= 11 is -2.07. The topological polar surface area (TPSA) is 63.3 Å². The molecule has 19 heavy (non-hydrogen) atoms. The molecular weight excluding hydrogens is 269 g/mol. The normalized spacial score (nSPS) is 12.7. The second kappa shape index (κ2) is 4.56. The van der Waals surface area contributed by atoms with Crippen molar-refractivity contribution in [1.29, 1.82) is 0 Å². The molecule has 2 aromatic carbocycles. The number of aromatic nitrogens is 1. The molecule has 0 saturated heterocycles. The van der Waals surface area contributed by atoms with Crippen molar-refractivity contribution in [3.63, 3.8) is 0 Å². The molecule has 6 heteroatoms. The van der Waals surface area contributed by atoms with E-state index >= 15 is 0 Å². The van der Waals surface area contributed by atoms with E-state index < -0.39 is 11.1 Å². The van der Waals surface area contributed by atoms with Crippen LogP contribution in [0.4, 0.5) is 4.39 Å². The molecule has 0 fully saturated rings. The van der Waals surface area contributed by atoms with Crippen LogP contribution in [-0.2, 0) is 11.1 Å². The van der Waals surface area contributed by atoms with E-state index in [9.17, 15) is 8.60 Å². The van der Waals surface area contributed by atoms with Gasteiger partial charge in [-0.25, -0.2) is 13.6 Å². The van der Waals surface area contributed by atoms with E-state index in [0.29, 0.717) is 16.7 Å². The minimum Gasteiger partial charge on any atom is -0.436 e. The highest BCUT2D eigenvalue weighted by Gasteiger charge is 2.10. The molecule has 0 aliphatic rings. The minimum atomic E-state index is -2.07. The number of halogens is 1. The molecule has 1 N–H and O–H groups in total. The number of rotatable bonds is 2. The summed E-state index contributed by atoms with van der Waals surface area (Å²) in [4.78, 5) is 4.43. The van der Waals surface area contributed by atoms with Gasteiger partial charge < -0.3 is 8.97 Å². The highest BCUT2D eigenvalue weighted by molar-refractivity contribution is 7.79. The smallest absolute Gasteiger partial charge is 0.227 e. The highest BCUT2D eigenvalue weighted by Crippen LogP contribution is 2.25. The monoisotopic (exact) mass is 277 g/mol. The van der Waals surface area contributed by atoms with Crippen molar-refractivity contribution in [3.8, 4) is 11.5 Å². The minimum absolute atomic E-state index is 0.242. The first-order chi connectivity index (χ1) is 9.13. The van der Waals surface area contributed by atoms with Gasteiger partial charge in [0.25, 0.3) is 0 Å². The second-order valence-electron chi connectivity index (χ2n) is 3.91. The van der Waals surface area contributed by atoms with Gasteiger partial charge in [0, 0.05) is 5.56 Å². The Hall–Kier alpha value is -2.05. The van der Waals surface area contributed by atoms with E-state index in [2.05, 4.69) is 4.98 Å². The van der Waals surface area contributed by atoms with Crippen molar-refractivity contribution in [3.05, 3.63) is 48.3 Å². The van der Waals surface area contributed by atoms with Crippen molar-refractivity contribution in [2.75, 3.05) is 0 Å². The number of hydrogen-bond donors (Lipinski definition) is 1. The van der Waals surface area contributed by atoms with E-state index in [-0.39, 0.29) is 16.6 Å². The lowest BCUT2D eigenvalue weighted by Gasteiger charge is -1.93. The van der Waals surface area contributed by atoms with Gasteiger partial charge in [-0.2, -0.15) is 0 Å². The Morgan fingerprint density at radius 3 is 2.79 bits per heavy atom. The fraction of sp³-hybridized carbons (Fsp3) is 0. The molecule has 0 aliphatic heterocycles. The van der Waals surface area contributed by atoms with Crippen molar-refractivity contribution in [2.24, 2.45) is 0 Å². The molecule has 96 valence electrons. The Morgan fingerprint density at radius 1 is 1.21 bits per heavy atom. The summed E-state index contributed by atoms with van der Waals surface area (Å²) in [5, 5.41) is 0. The number of nitrogens with zero attached hydrogens (tertiary/aromatic N) is 1. The first-order valence-corrected chi connectivity index (χ1v) is 6.51. The van der Waals surface area contributed by atoms with Gasteiger partial charge in [-0.15, -0.1) is 0 Å². The second-order valence-corrected chi connectivity index (χ2v) is 4.88. The molecule has 0 saturated carbocycles. The van der Waals surface area contributed by atoms with Crippen LogP contribution < -0.4 is 0 Å². The van der Waals surface area contributed by atoms with Crippen LogP contribution in [-0.4, -0.2) is 13.7 Å². The number of hydrogen-bond acceptors (Lipinski definition) is 3. The lowest BCUT2D eigenvalue weighted by atomic mass is 10.2. The number of benzene rings is 2. The molecule has 1 heterocycles. The Kier molecular flexibility index (Phi) is 2.88. The Morgan fingerprint density at radius 2 is 2.05 bits per heavy atom. The van der Waals surface area contributed by atoms with Crippen LogP contribution in [0.2, 0.25) is 0 Å². The predicted molar refractivity (Wildman–Crippen MR) is 68.4 cm³/mol. The maximum Gasteiger partial charge on any atom is 0.227 e. The van der Waals surface area contributed by atoms with Crippen molar-refractivity contribution < 1.29 is 17.6 Å². The first-order valence-electron chi connectivity index (χ1n) is 5.41. The summed E-state index contributed by atoms with van der Waals surface area (Å²) in [5.74, 6) is -0.104. The zero-order valence-corrected chi connectivity index (χ0v) is 10.4. The van der Waals surface area contributed by atoms with E-state index in [1.807, 2.05) is 0 Å². The SMILES string of the molecule is O=S(O)c1ccc2oc(-c3cccc(F)c3)nc2c1. The van der Waals surface area contributed by atoms with Crippen LogP contribution in [0.5, 0.6) is 0 Å². The third kappa shape index (κ3) is 2.27. The van der Waals surface area contributed by atoms with Gasteiger partial charge in [-0.05, 0) is 36.4 Å². The fourth-order valence-corrected chi connectivity index (χ4v) is 2.16.